The number of rotatable bonds is 7. The number of alkyl halides is 2. The van der Waals surface area contributed by atoms with Crippen LogP contribution in [-0.4, -0.2) is 21.2 Å². The number of esters is 1. The highest BCUT2D eigenvalue weighted by atomic mass is 79.9. The molecule has 4 heteroatoms. The average molecular weight is 603 g/mol. The van der Waals surface area contributed by atoms with Crippen LogP contribution < -0.4 is 0 Å². The molecule has 0 radical (unpaired) electrons. The summed E-state index contributed by atoms with van der Waals surface area (Å²) in [4.78, 5) is 12.5. The van der Waals surface area contributed by atoms with Gasteiger partial charge < -0.3 is 4.74 Å². The van der Waals surface area contributed by atoms with Gasteiger partial charge in [0.2, 0.25) is 0 Å². The van der Waals surface area contributed by atoms with Crippen molar-refractivity contribution < 1.29 is 9.53 Å². The summed E-state index contributed by atoms with van der Waals surface area (Å²) in [5.74, 6) is 5.07. The van der Waals surface area contributed by atoms with Crippen molar-refractivity contribution in [1.29, 1.82) is 0 Å². The van der Waals surface area contributed by atoms with Crippen LogP contribution in [-0.2, 0) is 9.53 Å². The summed E-state index contributed by atoms with van der Waals surface area (Å²) in [6.07, 6.45) is 14.8. The number of hydrogen-bond donors (Lipinski definition) is 0. The van der Waals surface area contributed by atoms with Gasteiger partial charge in [-0.3, -0.25) is 4.79 Å². The molecular weight excluding hydrogens is 552 g/mol. The molecule has 34 heavy (non-hydrogen) atoms. The largest absolute Gasteiger partial charge is 0.462 e. The van der Waals surface area contributed by atoms with Crippen LogP contribution in [0.3, 0.4) is 0 Å². The Morgan fingerprint density at radius 1 is 1.03 bits per heavy atom. The fourth-order valence-corrected chi connectivity index (χ4v) is 11.7. The number of carbonyl (C=O) groups excluding carboxylic acids is 1. The van der Waals surface area contributed by atoms with Gasteiger partial charge >= 0.3 is 5.97 Å². The SMILES string of the molecule is CCC(=O)OC1CCC2(C)C3CCC4(C)C(C(C)CCCC(C)C)CCC4C3CC(Br)C2(Br)C1. The van der Waals surface area contributed by atoms with Gasteiger partial charge in [-0.15, -0.1) is 0 Å². The van der Waals surface area contributed by atoms with Crippen molar-refractivity contribution in [3.8, 4) is 0 Å². The quantitative estimate of drug-likeness (QED) is 0.215. The van der Waals surface area contributed by atoms with Crippen molar-refractivity contribution in [3.63, 3.8) is 0 Å². The topological polar surface area (TPSA) is 26.3 Å². The molecule has 4 fully saturated rings. The summed E-state index contributed by atoms with van der Waals surface area (Å²) in [5.41, 5.74) is 0.795. The number of fused-ring (bicyclic) bond motifs is 5. The van der Waals surface area contributed by atoms with Crippen LogP contribution in [0.4, 0.5) is 0 Å². The Balaban J connectivity index is 1.50. The standard InChI is InChI=1S/C30H50Br2O2/c1-7-27(33)34-21-13-16-29(6)25-14-15-28(5)23(20(4)10-8-9-19(2)3)11-12-24(28)22(25)17-26(31)30(29,32)18-21/h19-26H,7-18H2,1-6H3. The van der Waals surface area contributed by atoms with Gasteiger partial charge in [-0.2, -0.15) is 0 Å². The van der Waals surface area contributed by atoms with E-state index in [1.807, 2.05) is 6.92 Å². The summed E-state index contributed by atoms with van der Waals surface area (Å²) in [6, 6.07) is 0. The van der Waals surface area contributed by atoms with E-state index >= 15 is 0 Å². The Labute approximate surface area is 226 Å². The molecule has 4 rings (SSSR count). The number of ether oxygens (including phenoxy) is 1. The van der Waals surface area contributed by atoms with Gasteiger partial charge in [0, 0.05) is 22.0 Å². The molecule has 4 saturated carbocycles. The average Bonchev–Trinajstić information content (AvgIpc) is 3.13. The molecular formula is C30H50Br2O2. The monoisotopic (exact) mass is 600 g/mol. The zero-order valence-corrected chi connectivity index (χ0v) is 25.8. The Kier molecular flexibility index (Phi) is 8.32. The van der Waals surface area contributed by atoms with E-state index in [1.165, 1.54) is 57.8 Å². The van der Waals surface area contributed by atoms with Crippen molar-refractivity contribution in [2.45, 2.75) is 134 Å². The smallest absolute Gasteiger partial charge is 0.305 e. The first-order valence-corrected chi connectivity index (χ1v) is 16.2. The number of carbonyl (C=O) groups is 1. The van der Waals surface area contributed by atoms with Crippen molar-refractivity contribution in [2.24, 2.45) is 46.3 Å². The van der Waals surface area contributed by atoms with E-state index in [0.717, 1.165) is 48.3 Å². The van der Waals surface area contributed by atoms with Crippen LogP contribution in [0, 0.1) is 46.3 Å². The molecule has 0 aromatic carbocycles. The van der Waals surface area contributed by atoms with Gasteiger partial charge in [0.05, 0.1) is 0 Å². The van der Waals surface area contributed by atoms with E-state index in [-0.39, 0.29) is 21.8 Å². The second kappa shape index (κ2) is 10.3. The molecule has 4 aliphatic rings. The second-order valence-electron chi connectivity index (χ2n) is 13.6. The Bertz CT molecular complexity index is 739. The minimum Gasteiger partial charge on any atom is -0.462 e. The lowest BCUT2D eigenvalue weighted by Crippen LogP contribution is -2.64. The first-order valence-electron chi connectivity index (χ1n) is 14.5. The number of halogens is 2. The molecule has 0 aromatic heterocycles. The molecule has 0 amide bonds. The minimum absolute atomic E-state index is 0.0218. The maximum Gasteiger partial charge on any atom is 0.305 e. The van der Waals surface area contributed by atoms with Gasteiger partial charge in [0.1, 0.15) is 6.10 Å². The first-order chi connectivity index (χ1) is 16.0. The van der Waals surface area contributed by atoms with Crippen molar-refractivity contribution in [2.75, 3.05) is 0 Å². The summed E-state index contributed by atoms with van der Waals surface area (Å²) in [7, 11) is 0. The Morgan fingerprint density at radius 2 is 1.76 bits per heavy atom. The molecule has 10 atom stereocenters. The zero-order chi connectivity index (χ0) is 24.9. The fraction of sp³-hybridized carbons (Fsp3) is 0.967. The normalized spacial score (nSPS) is 47.0. The summed E-state index contributed by atoms with van der Waals surface area (Å²) < 4.78 is 5.89. The van der Waals surface area contributed by atoms with E-state index < -0.39 is 0 Å². The van der Waals surface area contributed by atoms with Crippen molar-refractivity contribution in [1.82, 2.24) is 0 Å². The highest BCUT2D eigenvalue weighted by molar-refractivity contribution is 9.12. The van der Waals surface area contributed by atoms with Crippen molar-refractivity contribution in [3.05, 3.63) is 0 Å². The lowest BCUT2D eigenvalue weighted by atomic mass is 9.44. The van der Waals surface area contributed by atoms with Crippen LogP contribution in [0.25, 0.3) is 0 Å². The maximum atomic E-state index is 12.0. The molecule has 0 aromatic rings. The molecule has 0 spiro atoms. The molecule has 196 valence electrons. The van der Waals surface area contributed by atoms with Gasteiger partial charge in [-0.25, -0.2) is 0 Å². The third-order valence-electron chi connectivity index (χ3n) is 11.5. The van der Waals surface area contributed by atoms with E-state index in [1.54, 1.807) is 0 Å². The fourth-order valence-electron chi connectivity index (χ4n) is 9.54. The minimum atomic E-state index is -0.0440. The van der Waals surface area contributed by atoms with Crippen LogP contribution in [0.2, 0.25) is 0 Å². The molecule has 0 saturated heterocycles. The summed E-state index contributed by atoms with van der Waals surface area (Å²) >= 11 is 8.54. The predicted octanol–water partition coefficient (Wildman–Crippen LogP) is 9.32. The Hall–Kier alpha value is 0.430. The molecule has 0 heterocycles. The lowest BCUT2D eigenvalue weighted by molar-refractivity contribution is -0.157. The third kappa shape index (κ3) is 4.60. The molecule has 2 nitrogen and oxygen atoms in total. The van der Waals surface area contributed by atoms with Crippen LogP contribution in [0.1, 0.15) is 119 Å². The van der Waals surface area contributed by atoms with E-state index in [4.69, 9.17) is 4.74 Å². The van der Waals surface area contributed by atoms with Crippen molar-refractivity contribution >= 4 is 37.8 Å². The first kappa shape index (κ1) is 27.5. The molecule has 4 aliphatic carbocycles. The Morgan fingerprint density at radius 3 is 2.44 bits per heavy atom. The van der Waals surface area contributed by atoms with Crippen LogP contribution >= 0.6 is 31.9 Å². The molecule has 0 N–H and O–H groups in total. The highest BCUT2D eigenvalue weighted by Gasteiger charge is 2.67. The summed E-state index contributed by atoms with van der Waals surface area (Å²) in [5, 5.41) is 0. The van der Waals surface area contributed by atoms with Gasteiger partial charge in [-0.1, -0.05) is 92.7 Å². The van der Waals surface area contributed by atoms with Gasteiger partial charge in [-0.05, 0) is 91.3 Å². The third-order valence-corrected chi connectivity index (χ3v) is 15.0. The number of hydrogen-bond acceptors (Lipinski definition) is 2. The van der Waals surface area contributed by atoms with E-state index in [9.17, 15) is 4.79 Å². The maximum absolute atomic E-state index is 12.0. The summed E-state index contributed by atoms with van der Waals surface area (Å²) in [6.45, 7) is 14.5. The van der Waals surface area contributed by atoms with E-state index in [2.05, 4.69) is 66.5 Å². The lowest BCUT2D eigenvalue weighted by Gasteiger charge is -2.66. The van der Waals surface area contributed by atoms with E-state index in [0.29, 0.717) is 16.7 Å². The molecule has 0 aliphatic heterocycles. The van der Waals surface area contributed by atoms with Gasteiger partial charge in [0.25, 0.3) is 0 Å². The molecule has 0 bridgehead atoms. The van der Waals surface area contributed by atoms with Crippen LogP contribution in [0.5, 0.6) is 0 Å². The highest BCUT2D eigenvalue weighted by Crippen LogP contribution is 2.71. The van der Waals surface area contributed by atoms with Crippen LogP contribution in [0.15, 0.2) is 0 Å². The molecule has 10 unspecified atom stereocenters. The second-order valence-corrected chi connectivity index (χ2v) is 16.1. The predicted molar refractivity (Wildman–Crippen MR) is 150 cm³/mol. The van der Waals surface area contributed by atoms with Gasteiger partial charge in [0.15, 0.2) is 0 Å². The zero-order valence-electron chi connectivity index (χ0n) is 22.7.